The number of allylic oxidation sites excluding steroid dienone is 4. The Morgan fingerprint density at radius 3 is 2.34 bits per heavy atom. The van der Waals surface area contributed by atoms with Crippen LogP contribution in [-0.2, 0) is 6.42 Å². The molecule has 0 bridgehead atoms. The molecular formula is C32H47ClN2. The van der Waals surface area contributed by atoms with E-state index in [2.05, 4.69) is 95.8 Å². The minimum Gasteiger partial charge on any atom is -0.330 e. The van der Waals surface area contributed by atoms with E-state index in [1.807, 2.05) is 25.4 Å². The molecule has 0 aliphatic carbocycles. The maximum Gasteiger partial charge on any atom is 0.0485 e. The van der Waals surface area contributed by atoms with Crippen LogP contribution in [0.15, 0.2) is 54.9 Å². The van der Waals surface area contributed by atoms with E-state index in [0.29, 0.717) is 5.92 Å². The van der Waals surface area contributed by atoms with Crippen LogP contribution >= 0.6 is 11.6 Å². The van der Waals surface area contributed by atoms with Crippen LogP contribution in [-0.4, -0.2) is 11.5 Å². The molecule has 35 heavy (non-hydrogen) atoms. The SMILES string of the molecule is C#C.C/C=C\C(=C/CC(C)(C)C)c1cncc(-c2cc(CCC(C)CCN)ccc2Cl)c1.CCC. The fourth-order valence-corrected chi connectivity index (χ4v) is 3.64. The summed E-state index contributed by atoms with van der Waals surface area (Å²) < 4.78 is 0. The van der Waals surface area contributed by atoms with Crippen LogP contribution in [0.3, 0.4) is 0 Å². The molecule has 2 rings (SSSR count). The zero-order valence-electron chi connectivity index (χ0n) is 23.1. The number of rotatable bonds is 9. The number of terminal acetylenes is 1. The standard InChI is InChI=1S/C27H37ClN2.C3H8.C2H2/c1-6-7-22(12-14-27(3,4)5)23-17-24(19-30-18-23)25-16-21(10-11-26(25)28)9-8-20(2)13-15-29;1-3-2;1-2/h6-7,10-12,16-20H,8-9,13-15,29H2,1-5H3;3H2,1-2H3;1-2H/b7-6-,22-12+;;. The van der Waals surface area contributed by atoms with Crippen molar-refractivity contribution in [2.75, 3.05) is 6.54 Å². The van der Waals surface area contributed by atoms with E-state index < -0.39 is 0 Å². The molecule has 1 heterocycles. The second-order valence-electron chi connectivity index (χ2n) is 10.1. The molecule has 0 aliphatic rings. The van der Waals surface area contributed by atoms with E-state index in [4.69, 9.17) is 17.3 Å². The molecule has 1 unspecified atom stereocenters. The predicted octanol–water partition coefficient (Wildman–Crippen LogP) is 9.38. The molecule has 0 saturated carbocycles. The monoisotopic (exact) mass is 494 g/mol. The molecule has 2 nitrogen and oxygen atoms in total. The van der Waals surface area contributed by atoms with E-state index in [-0.39, 0.29) is 5.41 Å². The molecule has 0 fully saturated rings. The smallest absolute Gasteiger partial charge is 0.0485 e. The number of benzene rings is 1. The average molecular weight is 495 g/mol. The minimum atomic E-state index is 0.247. The van der Waals surface area contributed by atoms with Crippen LogP contribution in [0.2, 0.25) is 5.02 Å². The average Bonchev–Trinajstić information content (AvgIpc) is 2.83. The Balaban J connectivity index is 0.00000214. The Morgan fingerprint density at radius 2 is 1.77 bits per heavy atom. The van der Waals surface area contributed by atoms with Gasteiger partial charge in [0.05, 0.1) is 0 Å². The number of aryl methyl sites for hydroxylation is 1. The maximum atomic E-state index is 6.58. The summed E-state index contributed by atoms with van der Waals surface area (Å²) in [5, 5.41) is 0.763. The van der Waals surface area contributed by atoms with E-state index in [1.165, 1.54) is 17.6 Å². The van der Waals surface area contributed by atoms with Crippen molar-refractivity contribution in [2.45, 2.75) is 80.6 Å². The first-order valence-electron chi connectivity index (χ1n) is 12.8. The molecule has 1 aromatic heterocycles. The first-order chi connectivity index (χ1) is 16.6. The number of hydrogen-bond donors (Lipinski definition) is 1. The van der Waals surface area contributed by atoms with Gasteiger partial charge >= 0.3 is 0 Å². The largest absolute Gasteiger partial charge is 0.330 e. The summed E-state index contributed by atoms with van der Waals surface area (Å²) in [4.78, 5) is 4.53. The van der Waals surface area contributed by atoms with Gasteiger partial charge in [-0.3, -0.25) is 4.98 Å². The zero-order valence-corrected chi connectivity index (χ0v) is 23.8. The fraction of sp³-hybridized carbons (Fsp3) is 0.469. The molecular weight excluding hydrogens is 448 g/mol. The van der Waals surface area contributed by atoms with Gasteiger partial charge in [0.2, 0.25) is 0 Å². The summed E-state index contributed by atoms with van der Waals surface area (Å²) in [5.41, 5.74) is 11.7. The van der Waals surface area contributed by atoms with E-state index in [0.717, 1.165) is 53.9 Å². The van der Waals surface area contributed by atoms with Gasteiger partial charge in [-0.1, -0.05) is 83.9 Å². The molecule has 3 heteroatoms. The molecule has 1 aromatic carbocycles. The van der Waals surface area contributed by atoms with Crippen LogP contribution in [0.1, 0.15) is 85.3 Å². The van der Waals surface area contributed by atoms with Gasteiger partial charge in [-0.2, -0.15) is 0 Å². The summed E-state index contributed by atoms with van der Waals surface area (Å²) in [5.74, 6) is 0.635. The Morgan fingerprint density at radius 1 is 1.11 bits per heavy atom. The van der Waals surface area contributed by atoms with Gasteiger partial charge in [0.25, 0.3) is 0 Å². The molecule has 0 aliphatic heterocycles. The second kappa shape index (κ2) is 18.0. The van der Waals surface area contributed by atoms with Crippen LogP contribution in [0.5, 0.6) is 0 Å². The van der Waals surface area contributed by atoms with Crippen molar-refractivity contribution in [3.8, 4) is 24.0 Å². The summed E-state index contributed by atoms with van der Waals surface area (Å²) >= 11 is 6.58. The third-order valence-corrected chi connectivity index (χ3v) is 5.61. The quantitative estimate of drug-likeness (QED) is 0.278. The van der Waals surface area contributed by atoms with Gasteiger partial charge < -0.3 is 5.73 Å². The van der Waals surface area contributed by atoms with Crippen molar-refractivity contribution in [1.82, 2.24) is 4.98 Å². The van der Waals surface area contributed by atoms with Crippen molar-refractivity contribution in [3.05, 3.63) is 71.0 Å². The lowest BCUT2D eigenvalue weighted by Gasteiger charge is -2.16. The highest BCUT2D eigenvalue weighted by atomic mass is 35.5. The van der Waals surface area contributed by atoms with Crippen LogP contribution in [0, 0.1) is 24.2 Å². The molecule has 192 valence electrons. The first-order valence-corrected chi connectivity index (χ1v) is 13.1. The van der Waals surface area contributed by atoms with Crippen molar-refractivity contribution in [2.24, 2.45) is 17.1 Å². The van der Waals surface area contributed by atoms with Crippen molar-refractivity contribution in [3.63, 3.8) is 0 Å². The lowest BCUT2D eigenvalue weighted by Crippen LogP contribution is -2.06. The Labute approximate surface area is 221 Å². The van der Waals surface area contributed by atoms with Crippen molar-refractivity contribution in [1.29, 1.82) is 0 Å². The maximum absolute atomic E-state index is 6.58. The van der Waals surface area contributed by atoms with Crippen LogP contribution in [0.25, 0.3) is 16.7 Å². The number of pyridine rings is 1. The Hall–Kier alpha value is -2.34. The van der Waals surface area contributed by atoms with Crippen LogP contribution in [0.4, 0.5) is 0 Å². The highest BCUT2D eigenvalue weighted by Crippen LogP contribution is 2.32. The lowest BCUT2D eigenvalue weighted by molar-refractivity contribution is 0.421. The number of nitrogens with two attached hydrogens (primary N) is 1. The zero-order chi connectivity index (χ0) is 26.9. The third-order valence-electron chi connectivity index (χ3n) is 5.28. The molecule has 2 aromatic rings. The Bertz CT molecular complexity index is 932. The molecule has 0 amide bonds. The van der Waals surface area contributed by atoms with E-state index >= 15 is 0 Å². The summed E-state index contributed by atoms with van der Waals surface area (Å²) in [6.07, 6.45) is 23.9. The first kappa shape index (κ1) is 32.7. The lowest BCUT2D eigenvalue weighted by atomic mass is 9.90. The number of aromatic nitrogens is 1. The van der Waals surface area contributed by atoms with E-state index in [1.54, 1.807) is 0 Å². The molecule has 0 saturated heterocycles. The summed E-state index contributed by atoms with van der Waals surface area (Å²) in [6.45, 7) is 16.1. The van der Waals surface area contributed by atoms with Gasteiger partial charge in [0, 0.05) is 34.1 Å². The fourth-order valence-electron chi connectivity index (χ4n) is 3.41. The summed E-state index contributed by atoms with van der Waals surface area (Å²) in [6, 6.07) is 8.55. The van der Waals surface area contributed by atoms with Gasteiger partial charge in [-0.05, 0) is 79.8 Å². The van der Waals surface area contributed by atoms with Gasteiger partial charge in [-0.15, -0.1) is 12.8 Å². The minimum absolute atomic E-state index is 0.247. The molecule has 0 spiro atoms. The van der Waals surface area contributed by atoms with E-state index in [9.17, 15) is 0 Å². The van der Waals surface area contributed by atoms with Crippen LogP contribution < -0.4 is 5.73 Å². The molecule has 1 atom stereocenters. The van der Waals surface area contributed by atoms with Gasteiger partial charge in [0.1, 0.15) is 0 Å². The van der Waals surface area contributed by atoms with Crippen molar-refractivity contribution >= 4 is 17.2 Å². The third kappa shape index (κ3) is 13.4. The highest BCUT2D eigenvalue weighted by Gasteiger charge is 2.11. The number of halogens is 1. The summed E-state index contributed by atoms with van der Waals surface area (Å²) in [7, 11) is 0. The number of hydrogen-bond acceptors (Lipinski definition) is 2. The van der Waals surface area contributed by atoms with Gasteiger partial charge in [-0.25, -0.2) is 0 Å². The predicted molar refractivity (Wildman–Crippen MR) is 159 cm³/mol. The van der Waals surface area contributed by atoms with Crippen molar-refractivity contribution < 1.29 is 0 Å². The highest BCUT2D eigenvalue weighted by molar-refractivity contribution is 6.33. The molecule has 0 radical (unpaired) electrons. The Kier molecular flexibility index (Phi) is 16.8. The molecule has 2 N–H and O–H groups in total. The normalized spacial score (nSPS) is 12.4. The number of nitrogens with zero attached hydrogens (tertiary/aromatic N) is 1. The van der Waals surface area contributed by atoms with Gasteiger partial charge in [0.15, 0.2) is 0 Å². The topological polar surface area (TPSA) is 38.9 Å². The second-order valence-corrected chi connectivity index (χ2v) is 10.5.